The summed E-state index contributed by atoms with van der Waals surface area (Å²) in [5, 5.41) is 5.58. The van der Waals surface area contributed by atoms with Gasteiger partial charge in [0.05, 0.1) is 23.7 Å². The van der Waals surface area contributed by atoms with Crippen molar-refractivity contribution in [2.24, 2.45) is 5.73 Å². The van der Waals surface area contributed by atoms with Gasteiger partial charge in [0, 0.05) is 23.2 Å². The van der Waals surface area contributed by atoms with E-state index in [2.05, 4.69) is 9.84 Å². The van der Waals surface area contributed by atoms with Gasteiger partial charge in [0.2, 0.25) is 5.91 Å². The quantitative estimate of drug-likeness (QED) is 0.404. The lowest BCUT2D eigenvalue weighted by atomic mass is 10.1. The molecule has 1 unspecified atom stereocenters. The second kappa shape index (κ2) is 10.8. The molecule has 0 bridgehead atoms. The van der Waals surface area contributed by atoms with Crippen LogP contribution in [0.3, 0.4) is 0 Å². The van der Waals surface area contributed by atoms with Crippen molar-refractivity contribution in [3.63, 3.8) is 0 Å². The third-order valence-electron chi connectivity index (χ3n) is 6.19. The van der Waals surface area contributed by atoms with Gasteiger partial charge in [0.1, 0.15) is 29.8 Å². The van der Waals surface area contributed by atoms with Gasteiger partial charge in [0.15, 0.2) is 0 Å². The minimum Gasteiger partial charge on any atom is -0.487 e. The molecule has 37 heavy (non-hydrogen) atoms. The monoisotopic (exact) mass is 544 g/mol. The second-order valence-electron chi connectivity index (χ2n) is 8.80. The number of hydrogen-bond donors (Lipinski definition) is 1. The van der Waals surface area contributed by atoms with E-state index < -0.39 is 17.9 Å². The normalized spacial score (nSPS) is 13.4. The van der Waals surface area contributed by atoms with Crippen molar-refractivity contribution in [1.29, 1.82) is 0 Å². The van der Waals surface area contributed by atoms with Gasteiger partial charge in [-0.1, -0.05) is 29.3 Å². The number of esters is 1. The highest BCUT2D eigenvalue weighted by Gasteiger charge is 2.37. The molecule has 1 atom stereocenters. The highest BCUT2D eigenvalue weighted by Crippen LogP contribution is 2.34. The average molecular weight is 545 g/mol. The molecule has 0 fully saturated rings. The van der Waals surface area contributed by atoms with Gasteiger partial charge in [-0.25, -0.2) is 4.68 Å². The molecule has 1 aliphatic heterocycles. The van der Waals surface area contributed by atoms with Crippen LogP contribution in [0.1, 0.15) is 45.7 Å². The standard InChI is InChI=1S/C26H26Cl2N4O5/c1-14-9-19(27)24(20(28)10-14)32-15(2)11-16(30-32)13-37-22-6-4-5-17-18(22)12-31(26(17)35)21(25(29)34)7-8-23(33)36-3/h4-6,9-11,21H,7-8,12-13H2,1-3H3,(H2,29,34). The van der Waals surface area contributed by atoms with Crippen molar-refractivity contribution < 1.29 is 23.9 Å². The number of aromatic nitrogens is 2. The summed E-state index contributed by atoms with van der Waals surface area (Å²) in [6.45, 7) is 4.05. The minimum atomic E-state index is -0.950. The number of amides is 2. The summed E-state index contributed by atoms with van der Waals surface area (Å²) < 4.78 is 12.4. The predicted molar refractivity (Wildman–Crippen MR) is 138 cm³/mol. The van der Waals surface area contributed by atoms with E-state index in [-0.39, 0.29) is 31.9 Å². The van der Waals surface area contributed by atoms with Crippen LogP contribution in [0.25, 0.3) is 5.69 Å². The van der Waals surface area contributed by atoms with E-state index in [0.29, 0.717) is 38.3 Å². The molecule has 0 aliphatic carbocycles. The van der Waals surface area contributed by atoms with Crippen LogP contribution in [-0.2, 0) is 27.5 Å². The second-order valence-corrected chi connectivity index (χ2v) is 9.62. The first-order valence-electron chi connectivity index (χ1n) is 11.5. The maximum absolute atomic E-state index is 13.1. The van der Waals surface area contributed by atoms with Gasteiger partial charge in [-0.05, 0) is 56.2 Å². The Kier molecular flexibility index (Phi) is 7.75. The molecule has 4 rings (SSSR count). The fourth-order valence-electron chi connectivity index (χ4n) is 4.40. The fourth-order valence-corrected chi connectivity index (χ4v) is 5.16. The van der Waals surface area contributed by atoms with E-state index >= 15 is 0 Å². The number of nitrogens with two attached hydrogens (primary N) is 1. The zero-order valence-corrected chi connectivity index (χ0v) is 22.1. The average Bonchev–Trinajstić information content (AvgIpc) is 3.37. The maximum Gasteiger partial charge on any atom is 0.305 e. The van der Waals surface area contributed by atoms with Crippen LogP contribution in [0, 0.1) is 13.8 Å². The SMILES string of the molecule is COC(=O)CCC(C(N)=O)N1Cc2c(OCc3cc(C)n(-c4c(Cl)cc(C)cc4Cl)n3)cccc2C1=O. The highest BCUT2D eigenvalue weighted by atomic mass is 35.5. The van der Waals surface area contributed by atoms with Crippen molar-refractivity contribution in [3.8, 4) is 11.4 Å². The lowest BCUT2D eigenvalue weighted by molar-refractivity contribution is -0.141. The number of benzene rings is 2. The van der Waals surface area contributed by atoms with Crippen LogP contribution in [0.2, 0.25) is 10.0 Å². The number of rotatable bonds is 9. The summed E-state index contributed by atoms with van der Waals surface area (Å²) in [5.74, 6) is -1.04. The van der Waals surface area contributed by atoms with Crippen LogP contribution in [-0.4, -0.2) is 45.6 Å². The van der Waals surface area contributed by atoms with E-state index in [1.807, 2.05) is 32.0 Å². The van der Waals surface area contributed by atoms with Gasteiger partial charge in [-0.15, -0.1) is 0 Å². The third-order valence-corrected chi connectivity index (χ3v) is 6.77. The lowest BCUT2D eigenvalue weighted by Crippen LogP contribution is -2.45. The Labute approximate surface area is 224 Å². The largest absolute Gasteiger partial charge is 0.487 e. The first kappa shape index (κ1) is 26.5. The lowest BCUT2D eigenvalue weighted by Gasteiger charge is -2.24. The molecule has 194 valence electrons. The molecule has 2 N–H and O–H groups in total. The van der Waals surface area contributed by atoms with Crippen LogP contribution < -0.4 is 10.5 Å². The Balaban J connectivity index is 1.53. The number of primary amides is 1. The molecule has 2 heterocycles. The van der Waals surface area contributed by atoms with Crippen LogP contribution in [0.15, 0.2) is 36.4 Å². The number of methoxy groups -OCH3 is 1. The van der Waals surface area contributed by atoms with Crippen molar-refractivity contribution in [3.05, 3.63) is 74.5 Å². The Hall–Kier alpha value is -3.56. The van der Waals surface area contributed by atoms with Gasteiger partial charge >= 0.3 is 5.97 Å². The van der Waals surface area contributed by atoms with E-state index in [9.17, 15) is 14.4 Å². The van der Waals surface area contributed by atoms with Gasteiger partial charge in [-0.3, -0.25) is 14.4 Å². The van der Waals surface area contributed by atoms with Gasteiger partial charge in [0.25, 0.3) is 5.91 Å². The molecule has 0 saturated heterocycles. The molecule has 1 aromatic heterocycles. The molecule has 9 nitrogen and oxygen atoms in total. The fraction of sp³-hybridized carbons (Fsp3) is 0.308. The summed E-state index contributed by atoms with van der Waals surface area (Å²) in [6.07, 6.45) is 0.0311. The molecule has 2 amide bonds. The van der Waals surface area contributed by atoms with Crippen LogP contribution >= 0.6 is 23.2 Å². The van der Waals surface area contributed by atoms with Gasteiger partial charge < -0.3 is 20.1 Å². The summed E-state index contributed by atoms with van der Waals surface area (Å²) >= 11 is 12.9. The topological polar surface area (TPSA) is 117 Å². The van der Waals surface area contributed by atoms with Crippen LogP contribution in [0.4, 0.5) is 0 Å². The first-order chi connectivity index (χ1) is 17.6. The zero-order valence-electron chi connectivity index (χ0n) is 20.6. The summed E-state index contributed by atoms with van der Waals surface area (Å²) in [4.78, 5) is 38.1. The Morgan fingerprint density at radius 2 is 1.86 bits per heavy atom. The Morgan fingerprint density at radius 3 is 2.51 bits per heavy atom. The number of fused-ring (bicyclic) bond motifs is 1. The molecule has 1 aliphatic rings. The Bertz CT molecular complexity index is 1360. The zero-order chi connectivity index (χ0) is 26.9. The number of carbonyl (C=O) groups is 3. The maximum atomic E-state index is 13.1. The molecule has 0 spiro atoms. The molecule has 11 heteroatoms. The smallest absolute Gasteiger partial charge is 0.305 e. The summed E-state index contributed by atoms with van der Waals surface area (Å²) in [7, 11) is 1.26. The molecular formula is C26H26Cl2N4O5. The van der Waals surface area contributed by atoms with E-state index in [1.54, 1.807) is 22.9 Å². The summed E-state index contributed by atoms with van der Waals surface area (Å²) in [6, 6.07) is 9.68. The van der Waals surface area contributed by atoms with Crippen molar-refractivity contribution in [1.82, 2.24) is 14.7 Å². The molecule has 0 saturated carbocycles. The van der Waals surface area contributed by atoms with E-state index in [4.69, 9.17) is 33.7 Å². The van der Waals surface area contributed by atoms with E-state index in [0.717, 1.165) is 11.3 Å². The van der Waals surface area contributed by atoms with Crippen molar-refractivity contribution in [2.45, 2.75) is 45.9 Å². The van der Waals surface area contributed by atoms with Crippen molar-refractivity contribution in [2.75, 3.05) is 7.11 Å². The molecule has 0 radical (unpaired) electrons. The Morgan fingerprint density at radius 1 is 1.16 bits per heavy atom. The number of halogens is 2. The van der Waals surface area contributed by atoms with Crippen LogP contribution in [0.5, 0.6) is 5.75 Å². The number of ether oxygens (including phenoxy) is 2. The minimum absolute atomic E-state index is 0.0371. The number of nitrogens with zero attached hydrogens (tertiary/aromatic N) is 3. The predicted octanol–water partition coefficient (Wildman–Crippen LogP) is 4.14. The number of hydrogen-bond acceptors (Lipinski definition) is 6. The third kappa shape index (κ3) is 5.42. The van der Waals surface area contributed by atoms with Crippen molar-refractivity contribution >= 4 is 41.0 Å². The highest BCUT2D eigenvalue weighted by molar-refractivity contribution is 6.37. The molecule has 2 aromatic carbocycles. The first-order valence-corrected chi connectivity index (χ1v) is 12.3. The van der Waals surface area contributed by atoms with Gasteiger partial charge in [-0.2, -0.15) is 5.10 Å². The summed E-state index contributed by atoms with van der Waals surface area (Å²) in [5.41, 5.74) is 9.60. The number of carbonyl (C=O) groups excluding carboxylic acids is 3. The molecule has 3 aromatic rings. The van der Waals surface area contributed by atoms with E-state index in [1.165, 1.54) is 12.0 Å². The molecular weight excluding hydrogens is 519 g/mol. The number of aryl methyl sites for hydroxylation is 2.